The van der Waals surface area contributed by atoms with Crippen molar-refractivity contribution in [3.05, 3.63) is 65.2 Å². The van der Waals surface area contributed by atoms with Gasteiger partial charge < -0.3 is 14.4 Å². The van der Waals surface area contributed by atoms with E-state index in [1.54, 1.807) is 11.0 Å². The first kappa shape index (κ1) is 20.4. The second-order valence-electron chi connectivity index (χ2n) is 8.42. The van der Waals surface area contributed by atoms with E-state index >= 15 is 0 Å². The number of halogens is 1. The van der Waals surface area contributed by atoms with Gasteiger partial charge in [0.1, 0.15) is 18.1 Å². The third-order valence-corrected chi connectivity index (χ3v) is 6.45. The lowest BCUT2D eigenvalue weighted by Crippen LogP contribution is -2.32. The van der Waals surface area contributed by atoms with E-state index in [0.29, 0.717) is 36.3 Å². The lowest BCUT2D eigenvalue weighted by molar-refractivity contribution is -0.122. The van der Waals surface area contributed by atoms with Crippen molar-refractivity contribution in [3.8, 4) is 11.5 Å². The molecule has 2 aliphatic heterocycles. The Morgan fingerprint density at radius 3 is 2.48 bits per heavy atom. The van der Waals surface area contributed by atoms with Crippen LogP contribution in [-0.4, -0.2) is 49.7 Å². The van der Waals surface area contributed by atoms with Gasteiger partial charge in [0.2, 0.25) is 0 Å². The minimum atomic E-state index is -0.462. The summed E-state index contributed by atoms with van der Waals surface area (Å²) in [6.45, 7) is 4.00. The molecule has 1 saturated carbocycles. The Bertz CT molecular complexity index is 963. The Labute approximate surface area is 188 Å². The maximum atomic E-state index is 12.9. The zero-order chi connectivity index (χ0) is 21.2. The fourth-order valence-electron chi connectivity index (χ4n) is 4.18. The van der Waals surface area contributed by atoms with Gasteiger partial charge >= 0.3 is 0 Å². The number of benzene rings is 2. The van der Waals surface area contributed by atoms with Crippen molar-refractivity contribution in [1.29, 1.82) is 0 Å². The number of anilines is 1. The highest BCUT2D eigenvalue weighted by atomic mass is 35.5. The number of hydrogen-bond acceptors (Lipinski definition) is 4. The molecule has 1 aliphatic carbocycles. The fraction of sp³-hybridized carbons (Fsp3) is 0.400. The standard InChI is InChI=1S/C25H27ClN2O3/c26-22-17-20(7-10-23(22)30-16-15-27-12-1-2-13-27)28-14-11-24(25(28)29)31-21-8-5-19(6-9-21)18-3-4-18/h1-2,5-10,17-18,24H,3-4,11-16H2/t24-/m0/s1. The van der Waals surface area contributed by atoms with Gasteiger partial charge in [-0.05, 0) is 54.7 Å². The van der Waals surface area contributed by atoms with Crippen LogP contribution in [0.2, 0.25) is 5.02 Å². The van der Waals surface area contributed by atoms with Crippen LogP contribution < -0.4 is 14.4 Å². The molecule has 1 atom stereocenters. The lowest BCUT2D eigenvalue weighted by atomic mass is 10.1. The summed E-state index contributed by atoms with van der Waals surface area (Å²) in [7, 11) is 0. The Morgan fingerprint density at radius 1 is 1.00 bits per heavy atom. The number of hydrogen-bond donors (Lipinski definition) is 0. The molecule has 1 saturated heterocycles. The van der Waals surface area contributed by atoms with Gasteiger partial charge in [-0.15, -0.1) is 0 Å². The molecule has 5 nitrogen and oxygen atoms in total. The number of rotatable bonds is 8. The quantitative estimate of drug-likeness (QED) is 0.562. The van der Waals surface area contributed by atoms with Gasteiger partial charge in [-0.2, -0.15) is 0 Å². The predicted molar refractivity (Wildman–Crippen MR) is 122 cm³/mol. The highest BCUT2D eigenvalue weighted by Gasteiger charge is 2.34. The number of ether oxygens (including phenoxy) is 2. The van der Waals surface area contributed by atoms with Gasteiger partial charge in [-0.25, -0.2) is 0 Å². The molecule has 0 bridgehead atoms. The van der Waals surface area contributed by atoms with Crippen molar-refractivity contribution < 1.29 is 14.3 Å². The molecule has 5 rings (SSSR count). The molecular formula is C25H27ClN2O3. The average molecular weight is 439 g/mol. The summed E-state index contributed by atoms with van der Waals surface area (Å²) >= 11 is 6.44. The highest BCUT2D eigenvalue weighted by molar-refractivity contribution is 6.32. The summed E-state index contributed by atoms with van der Waals surface area (Å²) in [5.41, 5.74) is 2.14. The molecule has 162 valence electrons. The van der Waals surface area contributed by atoms with Crippen molar-refractivity contribution in [1.82, 2.24) is 4.90 Å². The van der Waals surface area contributed by atoms with Crippen LogP contribution in [0.3, 0.4) is 0 Å². The molecule has 2 fully saturated rings. The minimum absolute atomic E-state index is 0.0301. The number of carbonyl (C=O) groups excluding carboxylic acids is 1. The molecule has 31 heavy (non-hydrogen) atoms. The van der Waals surface area contributed by atoms with Crippen LogP contribution in [0.5, 0.6) is 11.5 Å². The Morgan fingerprint density at radius 2 is 1.77 bits per heavy atom. The van der Waals surface area contributed by atoms with Crippen LogP contribution in [0, 0.1) is 0 Å². The third kappa shape index (κ3) is 4.73. The molecule has 0 aromatic heterocycles. The minimum Gasteiger partial charge on any atom is -0.491 e. The van der Waals surface area contributed by atoms with E-state index in [1.165, 1.54) is 18.4 Å². The second kappa shape index (κ2) is 8.93. The molecule has 1 amide bonds. The van der Waals surface area contributed by atoms with Crippen molar-refractivity contribution in [3.63, 3.8) is 0 Å². The summed E-state index contributed by atoms with van der Waals surface area (Å²) < 4.78 is 11.8. The maximum absolute atomic E-state index is 12.9. The van der Waals surface area contributed by atoms with E-state index in [0.717, 1.165) is 31.1 Å². The molecule has 0 unspecified atom stereocenters. The van der Waals surface area contributed by atoms with E-state index in [4.69, 9.17) is 21.1 Å². The number of nitrogens with zero attached hydrogens (tertiary/aromatic N) is 2. The van der Waals surface area contributed by atoms with Crippen molar-refractivity contribution >= 4 is 23.2 Å². The maximum Gasteiger partial charge on any atom is 0.268 e. The summed E-state index contributed by atoms with van der Waals surface area (Å²) in [6, 6.07) is 13.7. The molecular weight excluding hydrogens is 412 g/mol. The summed E-state index contributed by atoms with van der Waals surface area (Å²) in [4.78, 5) is 17.0. The lowest BCUT2D eigenvalue weighted by Gasteiger charge is -2.19. The highest BCUT2D eigenvalue weighted by Crippen LogP contribution is 2.40. The van der Waals surface area contributed by atoms with Crippen molar-refractivity contribution in [2.75, 3.05) is 37.7 Å². The van der Waals surface area contributed by atoms with Gasteiger partial charge in [0.15, 0.2) is 6.10 Å². The topological polar surface area (TPSA) is 42.0 Å². The van der Waals surface area contributed by atoms with E-state index < -0.39 is 6.10 Å². The predicted octanol–water partition coefficient (Wildman–Crippen LogP) is 4.65. The van der Waals surface area contributed by atoms with Crippen LogP contribution in [0.4, 0.5) is 5.69 Å². The van der Waals surface area contributed by atoms with Crippen molar-refractivity contribution in [2.45, 2.75) is 31.3 Å². The first-order valence-electron chi connectivity index (χ1n) is 11.0. The molecule has 2 aromatic rings. The molecule has 0 spiro atoms. The van der Waals surface area contributed by atoms with E-state index in [2.05, 4.69) is 29.2 Å². The van der Waals surface area contributed by atoms with E-state index in [-0.39, 0.29) is 5.91 Å². The molecule has 0 N–H and O–H groups in total. The molecule has 2 heterocycles. The molecule has 3 aliphatic rings. The molecule has 6 heteroatoms. The summed E-state index contributed by atoms with van der Waals surface area (Å²) in [5, 5.41) is 0.518. The first-order valence-corrected chi connectivity index (χ1v) is 11.4. The van der Waals surface area contributed by atoms with Gasteiger partial charge in [0.05, 0.1) is 5.02 Å². The van der Waals surface area contributed by atoms with Crippen LogP contribution in [0.25, 0.3) is 0 Å². The molecule has 0 radical (unpaired) electrons. The van der Waals surface area contributed by atoms with E-state index in [9.17, 15) is 4.79 Å². The smallest absolute Gasteiger partial charge is 0.268 e. The first-order chi connectivity index (χ1) is 15.2. The average Bonchev–Trinajstić information content (AvgIpc) is 3.38. The Hall–Kier alpha value is -2.50. The van der Waals surface area contributed by atoms with Crippen LogP contribution in [0.1, 0.15) is 30.7 Å². The second-order valence-corrected chi connectivity index (χ2v) is 8.83. The SMILES string of the molecule is O=C1[C@@H](Oc2ccc(C3CC3)cc2)CCN1c1ccc(OCCN2CC=CC2)c(Cl)c1. The fourth-order valence-corrected chi connectivity index (χ4v) is 4.41. The largest absolute Gasteiger partial charge is 0.491 e. The molecule has 2 aromatic carbocycles. The van der Waals surface area contributed by atoms with Gasteiger partial charge in [-0.3, -0.25) is 9.69 Å². The number of carbonyl (C=O) groups is 1. The summed E-state index contributed by atoms with van der Waals surface area (Å²) in [6.07, 6.45) is 7.07. The van der Waals surface area contributed by atoms with Gasteiger partial charge in [-0.1, -0.05) is 35.9 Å². The zero-order valence-electron chi connectivity index (χ0n) is 17.5. The van der Waals surface area contributed by atoms with Crippen LogP contribution >= 0.6 is 11.6 Å². The van der Waals surface area contributed by atoms with Gasteiger partial charge in [0, 0.05) is 38.3 Å². The van der Waals surface area contributed by atoms with Crippen molar-refractivity contribution in [2.24, 2.45) is 0 Å². The third-order valence-electron chi connectivity index (χ3n) is 6.15. The zero-order valence-corrected chi connectivity index (χ0v) is 18.3. The van der Waals surface area contributed by atoms with Crippen LogP contribution in [-0.2, 0) is 4.79 Å². The Kier molecular flexibility index (Phi) is 5.88. The monoisotopic (exact) mass is 438 g/mol. The van der Waals surface area contributed by atoms with Gasteiger partial charge in [0.25, 0.3) is 5.91 Å². The normalized spacial score (nSPS) is 21.1. The van der Waals surface area contributed by atoms with E-state index in [1.807, 2.05) is 24.3 Å². The Balaban J connectivity index is 1.17. The van der Waals surface area contributed by atoms with Crippen LogP contribution in [0.15, 0.2) is 54.6 Å². The number of amides is 1. The summed E-state index contributed by atoms with van der Waals surface area (Å²) in [5.74, 6) is 2.08.